The number of nitrogens with zero attached hydrogens (tertiary/aromatic N) is 3. The highest BCUT2D eigenvalue weighted by molar-refractivity contribution is 7.98. The lowest BCUT2D eigenvalue weighted by Gasteiger charge is -2.11. The molecule has 158 valence electrons. The second-order valence-electron chi connectivity index (χ2n) is 6.58. The Labute approximate surface area is 186 Å². The van der Waals surface area contributed by atoms with Crippen molar-refractivity contribution in [2.45, 2.75) is 17.5 Å². The monoisotopic (exact) mass is 455 g/mol. The maximum Gasteiger partial charge on any atom is 0.336 e. The molecule has 0 amide bonds. The Hall–Kier alpha value is -3.23. The summed E-state index contributed by atoms with van der Waals surface area (Å²) in [4.78, 5) is 12.0. The number of phenols is 1. The van der Waals surface area contributed by atoms with Crippen LogP contribution in [0.25, 0.3) is 22.4 Å². The maximum absolute atomic E-state index is 12.0. The van der Waals surface area contributed by atoms with Crippen molar-refractivity contribution in [1.29, 1.82) is 0 Å². The Morgan fingerprint density at radius 1 is 1.29 bits per heavy atom. The first-order valence-electron chi connectivity index (χ1n) is 9.27. The number of hydrogen-bond donors (Lipinski definition) is 1. The van der Waals surface area contributed by atoms with Crippen LogP contribution in [0.4, 0.5) is 0 Å². The van der Waals surface area contributed by atoms with Crippen molar-refractivity contribution in [3.05, 3.63) is 76.1 Å². The Morgan fingerprint density at radius 3 is 2.87 bits per heavy atom. The van der Waals surface area contributed by atoms with Gasteiger partial charge in [-0.15, -0.1) is 16.8 Å². The topological polar surface area (TPSA) is 90.4 Å². The van der Waals surface area contributed by atoms with E-state index < -0.39 is 5.63 Å². The smallest absolute Gasteiger partial charge is 0.336 e. The number of hydrogen-bond acceptors (Lipinski definition) is 7. The van der Waals surface area contributed by atoms with E-state index in [4.69, 9.17) is 20.8 Å². The number of para-hydroxylation sites is 1. The van der Waals surface area contributed by atoms with E-state index in [1.807, 2.05) is 28.8 Å². The molecule has 0 aliphatic rings. The van der Waals surface area contributed by atoms with Gasteiger partial charge in [-0.25, -0.2) is 4.79 Å². The van der Waals surface area contributed by atoms with E-state index >= 15 is 0 Å². The maximum atomic E-state index is 12.0. The molecular formula is C22H18ClN3O4S. The summed E-state index contributed by atoms with van der Waals surface area (Å²) in [6.45, 7) is 4.33. The molecule has 0 spiro atoms. The van der Waals surface area contributed by atoms with E-state index in [0.29, 0.717) is 40.0 Å². The highest BCUT2D eigenvalue weighted by atomic mass is 35.5. The predicted octanol–water partition coefficient (Wildman–Crippen LogP) is 4.90. The Balaban J connectivity index is 1.71. The number of ether oxygens (including phenoxy) is 1. The molecule has 0 unspecified atom stereocenters. The fraction of sp³-hybridized carbons (Fsp3) is 0.136. The number of fused-ring (bicyclic) bond motifs is 1. The van der Waals surface area contributed by atoms with Crippen LogP contribution in [0.3, 0.4) is 0 Å². The lowest BCUT2D eigenvalue weighted by molar-refractivity contribution is 0.416. The predicted molar refractivity (Wildman–Crippen MR) is 121 cm³/mol. The number of aromatic nitrogens is 3. The molecule has 0 saturated carbocycles. The van der Waals surface area contributed by atoms with Gasteiger partial charge in [-0.3, -0.25) is 4.57 Å². The summed E-state index contributed by atoms with van der Waals surface area (Å²) in [5.41, 5.74) is 1.30. The molecule has 0 aliphatic carbocycles. The number of thioether (sulfide) groups is 1. The van der Waals surface area contributed by atoms with Gasteiger partial charge in [0.15, 0.2) is 11.0 Å². The number of rotatable bonds is 7. The van der Waals surface area contributed by atoms with Crippen LogP contribution in [-0.4, -0.2) is 27.0 Å². The molecule has 0 aliphatic heterocycles. The summed E-state index contributed by atoms with van der Waals surface area (Å²) in [7, 11) is 1.61. The van der Waals surface area contributed by atoms with Gasteiger partial charge in [0.1, 0.15) is 17.1 Å². The average molecular weight is 456 g/mol. The average Bonchev–Trinajstić information content (AvgIpc) is 3.16. The summed E-state index contributed by atoms with van der Waals surface area (Å²) < 4.78 is 12.6. The van der Waals surface area contributed by atoms with Gasteiger partial charge >= 0.3 is 5.63 Å². The Kier molecular flexibility index (Phi) is 6.01. The number of allylic oxidation sites excluding steroid dienone is 1. The zero-order valence-electron chi connectivity index (χ0n) is 16.5. The molecular weight excluding hydrogens is 438 g/mol. The largest absolute Gasteiger partial charge is 0.506 e. The third-order valence-corrected chi connectivity index (χ3v) is 5.95. The van der Waals surface area contributed by atoms with Gasteiger partial charge < -0.3 is 14.3 Å². The van der Waals surface area contributed by atoms with Crippen LogP contribution in [-0.2, 0) is 12.3 Å². The molecule has 0 saturated heterocycles. The number of halogens is 1. The molecule has 0 radical (unpaired) electrons. The van der Waals surface area contributed by atoms with Gasteiger partial charge in [0, 0.05) is 29.8 Å². The normalized spacial score (nSPS) is 11.0. The molecule has 2 heterocycles. The molecule has 2 aromatic heterocycles. The van der Waals surface area contributed by atoms with Crippen LogP contribution < -0.4 is 10.4 Å². The minimum atomic E-state index is -0.507. The number of aromatic hydroxyl groups is 1. The van der Waals surface area contributed by atoms with Crippen molar-refractivity contribution >= 4 is 34.3 Å². The zero-order valence-corrected chi connectivity index (χ0v) is 18.1. The highest BCUT2D eigenvalue weighted by Crippen LogP contribution is 2.34. The van der Waals surface area contributed by atoms with Crippen molar-refractivity contribution in [2.75, 3.05) is 7.11 Å². The summed E-state index contributed by atoms with van der Waals surface area (Å²) >= 11 is 7.47. The van der Waals surface area contributed by atoms with Crippen molar-refractivity contribution < 1.29 is 14.3 Å². The van der Waals surface area contributed by atoms with Gasteiger partial charge in [-0.2, -0.15) is 0 Å². The fourth-order valence-corrected chi connectivity index (χ4v) is 4.32. The Bertz CT molecular complexity index is 1330. The van der Waals surface area contributed by atoms with Crippen LogP contribution in [0.1, 0.15) is 5.56 Å². The van der Waals surface area contributed by atoms with Gasteiger partial charge in [0.2, 0.25) is 0 Å². The van der Waals surface area contributed by atoms with Gasteiger partial charge in [0.25, 0.3) is 0 Å². The van der Waals surface area contributed by atoms with E-state index in [9.17, 15) is 9.90 Å². The molecule has 0 bridgehead atoms. The van der Waals surface area contributed by atoms with Crippen LogP contribution >= 0.6 is 23.4 Å². The first-order valence-corrected chi connectivity index (χ1v) is 10.6. The molecule has 0 fully saturated rings. The third kappa shape index (κ3) is 4.17. The lowest BCUT2D eigenvalue weighted by Crippen LogP contribution is -2.03. The summed E-state index contributed by atoms with van der Waals surface area (Å²) in [6.07, 6.45) is 1.77. The molecule has 1 N–H and O–H groups in total. The molecule has 9 heteroatoms. The van der Waals surface area contributed by atoms with E-state index in [1.54, 1.807) is 19.3 Å². The number of benzene rings is 2. The zero-order chi connectivity index (χ0) is 22.0. The molecule has 4 rings (SSSR count). The Morgan fingerprint density at radius 2 is 2.10 bits per heavy atom. The van der Waals surface area contributed by atoms with Gasteiger partial charge in [0.05, 0.1) is 17.7 Å². The van der Waals surface area contributed by atoms with Gasteiger partial charge in [-0.1, -0.05) is 41.6 Å². The lowest BCUT2D eigenvalue weighted by atomic mass is 10.1. The van der Waals surface area contributed by atoms with E-state index in [-0.39, 0.29) is 16.4 Å². The summed E-state index contributed by atoms with van der Waals surface area (Å²) in [5.74, 6) is 1.63. The van der Waals surface area contributed by atoms with Crippen molar-refractivity contribution in [1.82, 2.24) is 14.8 Å². The highest BCUT2D eigenvalue weighted by Gasteiger charge is 2.18. The first-order chi connectivity index (χ1) is 15.0. The minimum absolute atomic E-state index is 0.144. The van der Waals surface area contributed by atoms with Crippen LogP contribution in [0, 0.1) is 0 Å². The summed E-state index contributed by atoms with van der Waals surface area (Å²) in [5, 5.41) is 20.0. The van der Waals surface area contributed by atoms with E-state index in [0.717, 1.165) is 5.56 Å². The van der Waals surface area contributed by atoms with Crippen molar-refractivity contribution in [2.24, 2.45) is 0 Å². The minimum Gasteiger partial charge on any atom is -0.506 e. The molecule has 31 heavy (non-hydrogen) atoms. The van der Waals surface area contributed by atoms with Crippen molar-refractivity contribution in [3.63, 3.8) is 0 Å². The number of phenolic OH excluding ortho intramolecular Hbond substituents is 1. The standard InChI is InChI=1S/C22H18ClN3O4S/c1-3-8-26-21(14-6-4-5-7-18(14)29-2)24-25-22(26)31-12-13-9-20(28)30-19-11-17(27)16(23)10-15(13)19/h3-7,9-11,27H,1,8,12H2,2H3. The van der Waals surface area contributed by atoms with Crippen molar-refractivity contribution in [3.8, 4) is 22.9 Å². The number of methoxy groups -OCH3 is 1. The second kappa shape index (κ2) is 8.87. The second-order valence-corrected chi connectivity index (χ2v) is 7.93. The van der Waals surface area contributed by atoms with Crippen LogP contribution in [0.2, 0.25) is 5.02 Å². The van der Waals surface area contributed by atoms with Crippen LogP contribution in [0.15, 0.2) is 69.5 Å². The fourth-order valence-electron chi connectivity index (χ4n) is 3.22. The molecule has 0 atom stereocenters. The summed E-state index contributed by atoms with van der Waals surface area (Å²) in [6, 6.07) is 11.9. The van der Waals surface area contributed by atoms with E-state index in [2.05, 4.69) is 16.8 Å². The van der Waals surface area contributed by atoms with E-state index in [1.165, 1.54) is 23.9 Å². The SMILES string of the molecule is C=CCn1c(SCc2cc(=O)oc3cc(O)c(Cl)cc23)nnc1-c1ccccc1OC. The molecule has 2 aromatic carbocycles. The first kappa shape index (κ1) is 21.0. The third-order valence-electron chi connectivity index (χ3n) is 4.63. The molecule has 4 aromatic rings. The van der Waals surface area contributed by atoms with Crippen LogP contribution in [0.5, 0.6) is 11.5 Å². The molecule has 7 nitrogen and oxygen atoms in total. The quantitative estimate of drug-likeness (QED) is 0.241. The van der Waals surface area contributed by atoms with Gasteiger partial charge in [-0.05, 0) is 23.8 Å².